The van der Waals surface area contributed by atoms with E-state index < -0.39 is 5.97 Å². The fraction of sp³-hybridized carbons (Fsp3) is 0.917. The van der Waals surface area contributed by atoms with E-state index in [4.69, 9.17) is 5.11 Å². The Bertz CT molecular complexity index is 192. The monoisotopic (exact) mass is 215 g/mol. The molecule has 90 valence electrons. The van der Waals surface area contributed by atoms with Crippen LogP contribution < -0.4 is 0 Å². The predicted molar refractivity (Wildman–Crippen MR) is 63.0 cm³/mol. The topological polar surface area (TPSA) is 40.5 Å². The highest BCUT2D eigenvalue weighted by atomic mass is 16.4. The number of nitrogens with zero attached hydrogens (tertiary/aromatic N) is 1. The molecule has 0 rings (SSSR count). The third kappa shape index (κ3) is 5.78. The first kappa shape index (κ1) is 14.4. The molecule has 0 spiro atoms. The zero-order chi connectivity index (χ0) is 12.0. The summed E-state index contributed by atoms with van der Waals surface area (Å²) in [4.78, 5) is 13.1. The van der Waals surface area contributed by atoms with E-state index in [-0.39, 0.29) is 5.92 Å². The predicted octanol–water partition coefficient (Wildman–Crippen LogP) is 2.46. The van der Waals surface area contributed by atoms with E-state index in [0.29, 0.717) is 18.5 Å². The van der Waals surface area contributed by atoms with Gasteiger partial charge in [0.05, 0.1) is 5.92 Å². The quantitative estimate of drug-likeness (QED) is 0.709. The molecule has 0 aliphatic carbocycles. The molecule has 2 unspecified atom stereocenters. The first-order valence-electron chi connectivity index (χ1n) is 5.85. The number of carboxylic acid groups (broad SMARTS) is 1. The molecule has 0 saturated heterocycles. The molecule has 0 aromatic rings. The lowest BCUT2D eigenvalue weighted by Gasteiger charge is -2.31. The van der Waals surface area contributed by atoms with Gasteiger partial charge in [0.2, 0.25) is 0 Å². The van der Waals surface area contributed by atoms with E-state index >= 15 is 0 Å². The largest absolute Gasteiger partial charge is 0.481 e. The molecule has 0 aromatic carbocycles. The van der Waals surface area contributed by atoms with Crippen molar-refractivity contribution < 1.29 is 9.90 Å². The summed E-state index contributed by atoms with van der Waals surface area (Å²) in [5.74, 6) is -0.398. The molecule has 0 aromatic heterocycles. The normalized spacial score (nSPS) is 15.7. The van der Waals surface area contributed by atoms with Crippen molar-refractivity contribution in [3.63, 3.8) is 0 Å². The number of hydrogen-bond acceptors (Lipinski definition) is 2. The van der Waals surface area contributed by atoms with Gasteiger partial charge in [0.15, 0.2) is 0 Å². The van der Waals surface area contributed by atoms with E-state index in [1.807, 2.05) is 0 Å². The number of hydrogen-bond donors (Lipinski definition) is 1. The third-order valence-corrected chi connectivity index (χ3v) is 2.74. The summed E-state index contributed by atoms with van der Waals surface area (Å²) < 4.78 is 0. The Kier molecular flexibility index (Phi) is 6.57. The average molecular weight is 215 g/mol. The summed E-state index contributed by atoms with van der Waals surface area (Å²) in [6, 6.07) is 0.467. The van der Waals surface area contributed by atoms with Gasteiger partial charge in [0.1, 0.15) is 0 Å². The smallest absolute Gasteiger partial charge is 0.307 e. The number of carboxylic acids is 1. The summed E-state index contributed by atoms with van der Waals surface area (Å²) in [5, 5.41) is 8.89. The van der Waals surface area contributed by atoms with Crippen LogP contribution in [0.4, 0.5) is 0 Å². The lowest BCUT2D eigenvalue weighted by atomic mass is 10.1. The Hall–Kier alpha value is -0.570. The molecule has 3 heteroatoms. The van der Waals surface area contributed by atoms with Gasteiger partial charge in [-0.1, -0.05) is 27.7 Å². The molecule has 1 N–H and O–H groups in total. The Labute approximate surface area is 93.5 Å². The van der Waals surface area contributed by atoms with Crippen molar-refractivity contribution in [1.82, 2.24) is 4.90 Å². The average Bonchev–Trinajstić information content (AvgIpc) is 2.14. The molecule has 0 saturated carbocycles. The van der Waals surface area contributed by atoms with E-state index in [0.717, 1.165) is 13.0 Å². The lowest BCUT2D eigenvalue weighted by Crippen LogP contribution is -2.40. The number of aliphatic carboxylic acids is 1. The number of carbonyl (C=O) groups is 1. The second-order valence-electron chi connectivity index (χ2n) is 4.84. The SMILES string of the molecule is CCC(C)N(CC(C)C)CC(C)C(=O)O. The first-order chi connectivity index (χ1) is 6.88. The van der Waals surface area contributed by atoms with Gasteiger partial charge >= 0.3 is 5.97 Å². The third-order valence-electron chi connectivity index (χ3n) is 2.74. The van der Waals surface area contributed by atoms with Crippen LogP contribution in [-0.4, -0.2) is 35.1 Å². The molecular weight excluding hydrogens is 190 g/mol. The highest BCUT2D eigenvalue weighted by Gasteiger charge is 2.20. The van der Waals surface area contributed by atoms with Crippen LogP contribution in [0.25, 0.3) is 0 Å². The fourth-order valence-electron chi connectivity index (χ4n) is 1.59. The molecule has 2 atom stereocenters. The summed E-state index contributed by atoms with van der Waals surface area (Å²) in [6.07, 6.45) is 1.07. The van der Waals surface area contributed by atoms with Crippen LogP contribution in [0.3, 0.4) is 0 Å². The van der Waals surface area contributed by atoms with Gasteiger partial charge in [-0.25, -0.2) is 0 Å². The first-order valence-corrected chi connectivity index (χ1v) is 5.85. The van der Waals surface area contributed by atoms with E-state index in [2.05, 4.69) is 32.6 Å². The minimum absolute atomic E-state index is 0.280. The van der Waals surface area contributed by atoms with Crippen molar-refractivity contribution >= 4 is 5.97 Å². The van der Waals surface area contributed by atoms with Crippen molar-refractivity contribution in [2.75, 3.05) is 13.1 Å². The Balaban J connectivity index is 4.29. The van der Waals surface area contributed by atoms with E-state index in [1.54, 1.807) is 6.92 Å². The van der Waals surface area contributed by atoms with Crippen LogP contribution in [0, 0.1) is 11.8 Å². The maximum absolute atomic E-state index is 10.8. The van der Waals surface area contributed by atoms with Crippen molar-refractivity contribution in [2.45, 2.75) is 47.1 Å². The zero-order valence-corrected chi connectivity index (χ0v) is 10.7. The summed E-state index contributed by atoms with van der Waals surface area (Å²) >= 11 is 0. The van der Waals surface area contributed by atoms with Gasteiger partial charge < -0.3 is 5.11 Å². The van der Waals surface area contributed by atoms with Crippen LogP contribution in [0.15, 0.2) is 0 Å². The molecule has 3 nitrogen and oxygen atoms in total. The Morgan fingerprint density at radius 1 is 1.20 bits per heavy atom. The molecule has 0 amide bonds. The zero-order valence-electron chi connectivity index (χ0n) is 10.7. The highest BCUT2D eigenvalue weighted by molar-refractivity contribution is 5.69. The van der Waals surface area contributed by atoms with Crippen LogP contribution in [0.1, 0.15) is 41.0 Å². The van der Waals surface area contributed by atoms with Crippen LogP contribution >= 0.6 is 0 Å². The van der Waals surface area contributed by atoms with Crippen LogP contribution in [0.2, 0.25) is 0 Å². The molecule has 0 aliphatic heterocycles. The maximum Gasteiger partial charge on any atom is 0.307 e. The maximum atomic E-state index is 10.8. The molecular formula is C12H25NO2. The van der Waals surface area contributed by atoms with Crippen molar-refractivity contribution in [3.05, 3.63) is 0 Å². The van der Waals surface area contributed by atoms with Gasteiger partial charge in [-0.05, 0) is 19.3 Å². The minimum Gasteiger partial charge on any atom is -0.481 e. The Morgan fingerprint density at radius 2 is 1.73 bits per heavy atom. The van der Waals surface area contributed by atoms with E-state index in [1.165, 1.54) is 0 Å². The Morgan fingerprint density at radius 3 is 2.07 bits per heavy atom. The molecule has 0 radical (unpaired) electrons. The van der Waals surface area contributed by atoms with Crippen LogP contribution in [0.5, 0.6) is 0 Å². The van der Waals surface area contributed by atoms with Gasteiger partial charge in [-0.15, -0.1) is 0 Å². The minimum atomic E-state index is -0.702. The molecule has 0 bridgehead atoms. The van der Waals surface area contributed by atoms with Gasteiger partial charge in [0, 0.05) is 19.1 Å². The summed E-state index contributed by atoms with van der Waals surface area (Å²) in [7, 11) is 0. The second kappa shape index (κ2) is 6.83. The molecule has 0 fully saturated rings. The van der Waals surface area contributed by atoms with Gasteiger partial charge in [-0.3, -0.25) is 9.69 Å². The van der Waals surface area contributed by atoms with Crippen LogP contribution in [-0.2, 0) is 4.79 Å². The van der Waals surface area contributed by atoms with E-state index in [9.17, 15) is 4.79 Å². The van der Waals surface area contributed by atoms with Gasteiger partial charge in [-0.2, -0.15) is 0 Å². The second-order valence-corrected chi connectivity index (χ2v) is 4.84. The lowest BCUT2D eigenvalue weighted by molar-refractivity contribution is -0.142. The van der Waals surface area contributed by atoms with Crippen molar-refractivity contribution in [1.29, 1.82) is 0 Å². The molecule has 0 heterocycles. The molecule has 15 heavy (non-hydrogen) atoms. The standard InChI is InChI=1S/C12H25NO2/c1-6-11(5)13(7-9(2)3)8-10(4)12(14)15/h9-11H,6-8H2,1-5H3,(H,14,15). The highest BCUT2D eigenvalue weighted by Crippen LogP contribution is 2.10. The number of rotatable bonds is 7. The van der Waals surface area contributed by atoms with Crippen molar-refractivity contribution in [3.8, 4) is 0 Å². The van der Waals surface area contributed by atoms with Gasteiger partial charge in [0.25, 0.3) is 0 Å². The van der Waals surface area contributed by atoms with Crippen molar-refractivity contribution in [2.24, 2.45) is 11.8 Å². The summed E-state index contributed by atoms with van der Waals surface area (Å²) in [6.45, 7) is 12.1. The fourth-order valence-corrected chi connectivity index (χ4v) is 1.59. The summed E-state index contributed by atoms with van der Waals surface area (Å²) in [5.41, 5.74) is 0. The molecule has 0 aliphatic rings.